The van der Waals surface area contributed by atoms with Crippen LogP contribution in [0.25, 0.3) is 22.3 Å². The molecular formula is C30H21BrF3N3O3. The van der Waals surface area contributed by atoms with Gasteiger partial charge in [-0.25, -0.2) is 4.98 Å². The molecule has 0 radical (unpaired) electrons. The zero-order chi connectivity index (χ0) is 28.3. The monoisotopic (exact) mass is 607 g/mol. The first-order chi connectivity index (χ1) is 19.2. The summed E-state index contributed by atoms with van der Waals surface area (Å²) in [7, 11) is 1.51. The van der Waals surface area contributed by atoms with Crippen molar-refractivity contribution < 1.29 is 22.6 Å². The lowest BCUT2D eigenvalue weighted by atomic mass is 10.1. The molecule has 10 heteroatoms. The van der Waals surface area contributed by atoms with Gasteiger partial charge in [0.25, 0.3) is 5.56 Å². The van der Waals surface area contributed by atoms with Crippen molar-refractivity contribution in [2.75, 3.05) is 7.11 Å². The SMILES string of the molecule is COc1cccc(C=Nn2c(-c3cccc(C(F)(F)F)c3)nc3ccccc3c2=O)c1OCc1ccc(Br)cc1. The second kappa shape index (κ2) is 11.4. The number of aromatic nitrogens is 2. The lowest BCUT2D eigenvalue weighted by Crippen LogP contribution is -2.20. The maximum atomic E-state index is 13.5. The molecule has 0 fully saturated rings. The molecule has 0 atom stereocenters. The van der Waals surface area contributed by atoms with Gasteiger partial charge in [-0.1, -0.05) is 58.4 Å². The number of halogens is 4. The molecule has 6 nitrogen and oxygen atoms in total. The van der Waals surface area contributed by atoms with Crippen molar-refractivity contribution >= 4 is 33.0 Å². The summed E-state index contributed by atoms with van der Waals surface area (Å²) >= 11 is 3.41. The Balaban J connectivity index is 1.61. The Kier molecular flexibility index (Phi) is 7.70. The first kappa shape index (κ1) is 27.1. The molecule has 5 aromatic rings. The van der Waals surface area contributed by atoms with Crippen LogP contribution in [0.1, 0.15) is 16.7 Å². The Bertz CT molecular complexity index is 1770. The highest BCUT2D eigenvalue weighted by Crippen LogP contribution is 2.33. The molecule has 1 heterocycles. The average Bonchev–Trinajstić information content (AvgIpc) is 2.96. The lowest BCUT2D eigenvalue weighted by Gasteiger charge is -2.14. The molecule has 0 saturated carbocycles. The molecule has 0 aliphatic rings. The summed E-state index contributed by atoms with van der Waals surface area (Å²) in [6.45, 7) is 0.238. The van der Waals surface area contributed by atoms with Crippen LogP contribution in [0.2, 0.25) is 0 Å². The highest BCUT2D eigenvalue weighted by molar-refractivity contribution is 9.10. The third-order valence-electron chi connectivity index (χ3n) is 6.04. The predicted octanol–water partition coefficient (Wildman–Crippen LogP) is 7.31. The summed E-state index contributed by atoms with van der Waals surface area (Å²) < 4.78 is 53.9. The zero-order valence-corrected chi connectivity index (χ0v) is 22.6. The molecule has 202 valence electrons. The molecule has 1 aromatic heterocycles. The van der Waals surface area contributed by atoms with Crippen molar-refractivity contribution in [1.29, 1.82) is 0 Å². The van der Waals surface area contributed by atoms with Gasteiger partial charge in [-0.05, 0) is 54.1 Å². The lowest BCUT2D eigenvalue weighted by molar-refractivity contribution is -0.137. The number of hydrogen-bond donors (Lipinski definition) is 0. The van der Waals surface area contributed by atoms with Crippen LogP contribution in [0.5, 0.6) is 11.5 Å². The van der Waals surface area contributed by atoms with E-state index in [9.17, 15) is 18.0 Å². The van der Waals surface area contributed by atoms with E-state index in [-0.39, 0.29) is 23.4 Å². The van der Waals surface area contributed by atoms with Crippen molar-refractivity contribution in [3.8, 4) is 22.9 Å². The molecule has 0 spiro atoms. The number of para-hydroxylation sites is 2. The number of hydrogen-bond acceptors (Lipinski definition) is 5. The zero-order valence-electron chi connectivity index (χ0n) is 21.0. The van der Waals surface area contributed by atoms with E-state index in [0.29, 0.717) is 22.6 Å². The summed E-state index contributed by atoms with van der Waals surface area (Å²) in [5, 5.41) is 4.66. The number of alkyl halides is 3. The van der Waals surface area contributed by atoms with Crippen LogP contribution in [0.3, 0.4) is 0 Å². The van der Waals surface area contributed by atoms with E-state index in [4.69, 9.17) is 9.47 Å². The predicted molar refractivity (Wildman–Crippen MR) is 151 cm³/mol. The molecule has 0 unspecified atom stereocenters. The van der Waals surface area contributed by atoms with Gasteiger partial charge in [0.2, 0.25) is 0 Å². The molecule has 4 aromatic carbocycles. The smallest absolute Gasteiger partial charge is 0.416 e. The summed E-state index contributed by atoms with van der Waals surface area (Å²) in [6, 6.07) is 24.0. The summed E-state index contributed by atoms with van der Waals surface area (Å²) in [5.41, 5.74) is 0.442. The highest BCUT2D eigenvalue weighted by atomic mass is 79.9. The van der Waals surface area contributed by atoms with Gasteiger partial charge in [0.1, 0.15) is 6.61 Å². The molecule has 0 N–H and O–H groups in total. The van der Waals surface area contributed by atoms with Crippen LogP contribution in [-0.4, -0.2) is 23.0 Å². The van der Waals surface area contributed by atoms with Crippen molar-refractivity contribution in [3.63, 3.8) is 0 Å². The van der Waals surface area contributed by atoms with Gasteiger partial charge < -0.3 is 9.47 Å². The first-order valence-corrected chi connectivity index (χ1v) is 12.8. The average molecular weight is 608 g/mol. The molecule has 5 rings (SSSR count). The van der Waals surface area contributed by atoms with Gasteiger partial charge in [-0.15, -0.1) is 0 Å². The van der Waals surface area contributed by atoms with E-state index in [1.54, 1.807) is 42.5 Å². The van der Waals surface area contributed by atoms with Gasteiger partial charge in [-0.2, -0.15) is 22.9 Å². The summed E-state index contributed by atoms with van der Waals surface area (Å²) in [4.78, 5) is 18.0. The highest BCUT2D eigenvalue weighted by Gasteiger charge is 2.31. The third-order valence-corrected chi connectivity index (χ3v) is 6.57. The maximum absolute atomic E-state index is 13.5. The standard InChI is InChI=1S/C30H21BrF3N3O3/c1-39-26-11-5-7-21(27(26)40-18-19-12-14-23(31)15-13-19)17-35-37-28(20-6-4-8-22(16-20)30(32,33)34)36-25-10-3-2-9-24(25)29(37)38/h2-17H,18H2,1H3. The van der Waals surface area contributed by atoms with Gasteiger partial charge in [-0.3, -0.25) is 4.79 Å². The fourth-order valence-electron chi connectivity index (χ4n) is 4.06. The molecule has 0 bridgehead atoms. The van der Waals surface area contributed by atoms with Crippen LogP contribution in [0, 0.1) is 0 Å². The van der Waals surface area contributed by atoms with Gasteiger partial charge in [0, 0.05) is 15.6 Å². The topological polar surface area (TPSA) is 65.7 Å². The second-order valence-electron chi connectivity index (χ2n) is 8.69. The Hall–Kier alpha value is -4.44. The van der Waals surface area contributed by atoms with Crippen LogP contribution >= 0.6 is 15.9 Å². The molecule has 0 amide bonds. The van der Waals surface area contributed by atoms with Crippen molar-refractivity contribution in [3.05, 3.63) is 123 Å². The molecule has 0 aliphatic heterocycles. The van der Waals surface area contributed by atoms with Crippen molar-refractivity contribution in [2.45, 2.75) is 12.8 Å². The van der Waals surface area contributed by atoms with Gasteiger partial charge in [0.05, 0.1) is 29.8 Å². The number of nitrogens with zero attached hydrogens (tertiary/aromatic N) is 3. The number of methoxy groups -OCH3 is 1. The largest absolute Gasteiger partial charge is 0.493 e. The fourth-order valence-corrected chi connectivity index (χ4v) is 4.32. The number of rotatable bonds is 7. The minimum atomic E-state index is -4.57. The van der Waals surface area contributed by atoms with Gasteiger partial charge in [0.15, 0.2) is 17.3 Å². The third kappa shape index (κ3) is 5.76. The molecule has 40 heavy (non-hydrogen) atoms. The Labute approximate surface area is 235 Å². The minimum Gasteiger partial charge on any atom is -0.493 e. The van der Waals surface area contributed by atoms with E-state index in [1.807, 2.05) is 24.3 Å². The molecule has 0 saturated heterocycles. The number of fused-ring (bicyclic) bond motifs is 1. The van der Waals surface area contributed by atoms with Crippen LogP contribution in [0.4, 0.5) is 13.2 Å². The van der Waals surface area contributed by atoms with E-state index >= 15 is 0 Å². The van der Waals surface area contributed by atoms with Gasteiger partial charge >= 0.3 is 6.18 Å². The van der Waals surface area contributed by atoms with E-state index < -0.39 is 17.3 Å². The number of benzene rings is 4. The Morgan fingerprint density at radius 1 is 0.975 bits per heavy atom. The number of ether oxygens (including phenoxy) is 2. The van der Waals surface area contributed by atoms with Crippen LogP contribution in [0.15, 0.2) is 105 Å². The van der Waals surface area contributed by atoms with Crippen LogP contribution < -0.4 is 15.0 Å². The first-order valence-electron chi connectivity index (χ1n) is 12.0. The Morgan fingerprint density at radius 2 is 1.73 bits per heavy atom. The minimum absolute atomic E-state index is 0.0359. The van der Waals surface area contributed by atoms with Crippen molar-refractivity contribution in [2.24, 2.45) is 5.10 Å². The summed E-state index contributed by atoms with van der Waals surface area (Å²) in [6.07, 6.45) is -3.17. The summed E-state index contributed by atoms with van der Waals surface area (Å²) in [5.74, 6) is 0.800. The maximum Gasteiger partial charge on any atom is 0.416 e. The fraction of sp³-hybridized carbons (Fsp3) is 0.100. The normalized spacial score (nSPS) is 11.7. The molecular weight excluding hydrogens is 587 g/mol. The molecule has 0 aliphatic carbocycles. The quantitative estimate of drug-likeness (QED) is 0.182. The van der Waals surface area contributed by atoms with Crippen LogP contribution in [-0.2, 0) is 12.8 Å². The van der Waals surface area contributed by atoms with E-state index in [2.05, 4.69) is 26.0 Å². The second-order valence-corrected chi connectivity index (χ2v) is 9.60. The van der Waals surface area contributed by atoms with E-state index in [0.717, 1.165) is 26.8 Å². The Morgan fingerprint density at radius 3 is 2.48 bits per heavy atom. The van der Waals surface area contributed by atoms with E-state index in [1.165, 1.54) is 25.5 Å². The van der Waals surface area contributed by atoms with Crippen molar-refractivity contribution in [1.82, 2.24) is 9.66 Å².